The third-order valence-electron chi connectivity index (χ3n) is 6.05. The summed E-state index contributed by atoms with van der Waals surface area (Å²) in [6, 6.07) is 11.1. The summed E-state index contributed by atoms with van der Waals surface area (Å²) in [4.78, 5) is 27.5. The smallest absolute Gasteiger partial charge is 0.255 e. The molecule has 2 aromatic carbocycles. The number of rotatable bonds is 6. The molecule has 4 rings (SSSR count). The fourth-order valence-electron chi connectivity index (χ4n) is 4.09. The van der Waals surface area contributed by atoms with Gasteiger partial charge in [-0.05, 0) is 63.1 Å². The third kappa shape index (κ3) is 4.58. The molecule has 0 bridgehead atoms. The van der Waals surface area contributed by atoms with Gasteiger partial charge in [-0.15, -0.1) is 6.58 Å². The first-order valence-corrected chi connectivity index (χ1v) is 12.7. The highest BCUT2D eigenvalue weighted by Crippen LogP contribution is 2.38. The van der Waals surface area contributed by atoms with E-state index in [1.54, 1.807) is 29.2 Å². The molecule has 0 radical (unpaired) electrons. The van der Waals surface area contributed by atoms with Gasteiger partial charge in [0.2, 0.25) is 15.9 Å². The van der Waals surface area contributed by atoms with Gasteiger partial charge in [-0.3, -0.25) is 9.59 Å². The van der Waals surface area contributed by atoms with E-state index >= 15 is 0 Å². The molecular formula is C25H29N3O5S. The van der Waals surface area contributed by atoms with Gasteiger partial charge in [0.25, 0.3) is 5.91 Å². The molecule has 8 nitrogen and oxygen atoms in total. The minimum Gasteiger partial charge on any atom is -0.490 e. The predicted molar refractivity (Wildman–Crippen MR) is 131 cm³/mol. The van der Waals surface area contributed by atoms with Gasteiger partial charge < -0.3 is 15.0 Å². The second-order valence-corrected chi connectivity index (χ2v) is 11.1. The first kappa shape index (κ1) is 24.0. The van der Waals surface area contributed by atoms with Crippen LogP contribution in [0.15, 0.2) is 60.0 Å². The van der Waals surface area contributed by atoms with Crippen LogP contribution in [0.3, 0.4) is 0 Å². The topological polar surface area (TPSA) is 96.0 Å². The Hall–Kier alpha value is -3.17. The standard InChI is InChI=1S/C25H29N3O5S/c1-4-13-28-21-12-9-19(16-22(21)33-17-25(2,3)24(28)30)26-23(29)18-7-10-20(11-8-18)34(31,32)27-14-5-6-15-27/h4,7-12,16H,1,5-6,13-15,17H2,2-3H3,(H,26,29). The fraction of sp³-hybridized carbons (Fsp3) is 0.360. The van der Waals surface area contributed by atoms with Crippen molar-refractivity contribution in [3.05, 3.63) is 60.7 Å². The van der Waals surface area contributed by atoms with Crippen molar-refractivity contribution >= 4 is 33.2 Å². The number of hydrogen-bond acceptors (Lipinski definition) is 5. The van der Waals surface area contributed by atoms with Crippen molar-refractivity contribution in [1.82, 2.24) is 4.31 Å². The number of sulfonamides is 1. The Bertz CT molecular complexity index is 1220. The largest absolute Gasteiger partial charge is 0.490 e. The third-order valence-corrected chi connectivity index (χ3v) is 7.96. The average molecular weight is 484 g/mol. The van der Waals surface area contributed by atoms with Gasteiger partial charge in [0.15, 0.2) is 0 Å². The molecule has 0 unspecified atom stereocenters. The molecule has 0 aromatic heterocycles. The van der Waals surface area contributed by atoms with Crippen molar-refractivity contribution in [1.29, 1.82) is 0 Å². The SMILES string of the molecule is C=CCN1C(=O)C(C)(C)COc2cc(NC(=O)c3ccc(S(=O)(=O)N4CCCC4)cc3)ccc21. The summed E-state index contributed by atoms with van der Waals surface area (Å²) < 4.78 is 32.8. The van der Waals surface area contributed by atoms with E-state index in [2.05, 4.69) is 11.9 Å². The van der Waals surface area contributed by atoms with Gasteiger partial charge in [0, 0.05) is 37.0 Å². The second-order valence-electron chi connectivity index (χ2n) is 9.15. The van der Waals surface area contributed by atoms with Crippen LogP contribution in [0.1, 0.15) is 37.0 Å². The summed E-state index contributed by atoms with van der Waals surface area (Å²) in [5.74, 6) is 0.0515. The Morgan fingerprint density at radius 2 is 1.82 bits per heavy atom. The number of carbonyl (C=O) groups excluding carboxylic acids is 2. The first-order chi connectivity index (χ1) is 16.1. The lowest BCUT2D eigenvalue weighted by molar-refractivity contribution is -0.127. The molecular weight excluding hydrogens is 454 g/mol. The zero-order chi connectivity index (χ0) is 24.5. The molecule has 0 spiro atoms. The molecule has 2 aromatic rings. The summed E-state index contributed by atoms with van der Waals surface area (Å²) in [7, 11) is -3.53. The van der Waals surface area contributed by atoms with Crippen LogP contribution in [0.25, 0.3) is 0 Å². The monoisotopic (exact) mass is 483 g/mol. The highest BCUT2D eigenvalue weighted by molar-refractivity contribution is 7.89. The number of hydrogen-bond donors (Lipinski definition) is 1. The molecule has 0 saturated carbocycles. The molecule has 1 N–H and O–H groups in total. The van der Waals surface area contributed by atoms with Crippen LogP contribution in [0.4, 0.5) is 11.4 Å². The number of carbonyl (C=O) groups is 2. The molecule has 34 heavy (non-hydrogen) atoms. The van der Waals surface area contributed by atoms with Crippen molar-refractivity contribution < 1.29 is 22.7 Å². The van der Waals surface area contributed by atoms with Crippen molar-refractivity contribution in [2.75, 3.05) is 36.5 Å². The summed E-state index contributed by atoms with van der Waals surface area (Å²) in [6.45, 7) is 9.00. The van der Waals surface area contributed by atoms with E-state index < -0.39 is 15.4 Å². The number of ether oxygens (including phenoxy) is 1. The molecule has 2 heterocycles. The maximum Gasteiger partial charge on any atom is 0.255 e. The van der Waals surface area contributed by atoms with Gasteiger partial charge in [-0.25, -0.2) is 8.42 Å². The fourth-order valence-corrected chi connectivity index (χ4v) is 5.61. The number of fused-ring (bicyclic) bond motifs is 1. The van der Waals surface area contributed by atoms with E-state index in [0.717, 1.165) is 12.8 Å². The lowest BCUT2D eigenvalue weighted by atomic mass is 9.93. The van der Waals surface area contributed by atoms with E-state index in [4.69, 9.17) is 4.74 Å². The lowest BCUT2D eigenvalue weighted by Gasteiger charge is -2.27. The van der Waals surface area contributed by atoms with Crippen LogP contribution in [0, 0.1) is 5.41 Å². The average Bonchev–Trinajstić information content (AvgIpc) is 3.35. The summed E-state index contributed by atoms with van der Waals surface area (Å²) in [6.07, 6.45) is 3.38. The summed E-state index contributed by atoms with van der Waals surface area (Å²) >= 11 is 0. The lowest BCUT2D eigenvalue weighted by Crippen LogP contribution is -2.42. The molecule has 0 aliphatic carbocycles. The van der Waals surface area contributed by atoms with Crippen LogP contribution in [-0.4, -0.2) is 50.8 Å². The molecule has 1 saturated heterocycles. The van der Waals surface area contributed by atoms with Gasteiger partial charge in [0.1, 0.15) is 12.4 Å². The molecule has 2 aliphatic heterocycles. The van der Waals surface area contributed by atoms with Gasteiger partial charge in [0.05, 0.1) is 16.0 Å². The van der Waals surface area contributed by atoms with E-state index in [-0.39, 0.29) is 23.3 Å². The summed E-state index contributed by atoms with van der Waals surface area (Å²) in [5, 5.41) is 2.82. The van der Waals surface area contributed by atoms with E-state index in [1.807, 2.05) is 13.8 Å². The van der Waals surface area contributed by atoms with Crippen molar-refractivity contribution in [3.8, 4) is 5.75 Å². The number of anilines is 2. The Balaban J connectivity index is 1.52. The van der Waals surface area contributed by atoms with Crippen LogP contribution in [0.5, 0.6) is 5.75 Å². The number of nitrogens with zero attached hydrogens (tertiary/aromatic N) is 2. The van der Waals surface area contributed by atoms with Gasteiger partial charge >= 0.3 is 0 Å². The van der Waals surface area contributed by atoms with Gasteiger partial charge in [-0.1, -0.05) is 6.08 Å². The van der Waals surface area contributed by atoms with Crippen molar-refractivity contribution in [2.24, 2.45) is 5.41 Å². The first-order valence-electron chi connectivity index (χ1n) is 11.2. The number of nitrogens with one attached hydrogen (secondary N) is 1. The normalized spacial score (nSPS) is 18.1. The Morgan fingerprint density at radius 3 is 2.47 bits per heavy atom. The number of amides is 2. The van der Waals surface area contributed by atoms with Crippen molar-refractivity contribution in [3.63, 3.8) is 0 Å². The maximum atomic E-state index is 12.9. The van der Waals surface area contributed by atoms with Crippen molar-refractivity contribution in [2.45, 2.75) is 31.6 Å². The number of benzene rings is 2. The molecule has 2 aliphatic rings. The zero-order valence-electron chi connectivity index (χ0n) is 19.4. The highest BCUT2D eigenvalue weighted by atomic mass is 32.2. The zero-order valence-corrected chi connectivity index (χ0v) is 20.2. The molecule has 0 atom stereocenters. The minimum absolute atomic E-state index is 0.0630. The van der Waals surface area contributed by atoms with E-state index in [1.165, 1.54) is 28.6 Å². The minimum atomic E-state index is -3.53. The Morgan fingerprint density at radius 1 is 1.15 bits per heavy atom. The molecule has 9 heteroatoms. The highest BCUT2D eigenvalue weighted by Gasteiger charge is 2.37. The quantitative estimate of drug-likeness (QED) is 0.633. The predicted octanol–water partition coefficient (Wildman–Crippen LogP) is 3.66. The van der Waals surface area contributed by atoms with Crippen LogP contribution in [-0.2, 0) is 14.8 Å². The van der Waals surface area contributed by atoms with Crippen LogP contribution >= 0.6 is 0 Å². The molecule has 1 fully saturated rings. The Labute approximate surface area is 200 Å². The van der Waals surface area contributed by atoms with Crippen LogP contribution < -0.4 is 15.0 Å². The molecule has 2 amide bonds. The van der Waals surface area contributed by atoms with Crippen LogP contribution in [0.2, 0.25) is 0 Å². The molecule has 180 valence electrons. The summed E-state index contributed by atoms with van der Waals surface area (Å²) in [5.41, 5.74) is 0.747. The van der Waals surface area contributed by atoms with E-state index in [0.29, 0.717) is 42.3 Å². The van der Waals surface area contributed by atoms with E-state index in [9.17, 15) is 18.0 Å². The second kappa shape index (κ2) is 9.23. The maximum absolute atomic E-state index is 12.9. The van der Waals surface area contributed by atoms with Gasteiger partial charge in [-0.2, -0.15) is 4.31 Å². The Kier molecular flexibility index (Phi) is 6.51.